The zero-order valence-electron chi connectivity index (χ0n) is 16.0. The van der Waals surface area contributed by atoms with E-state index in [-0.39, 0.29) is 23.3 Å². The van der Waals surface area contributed by atoms with Gasteiger partial charge in [-0.25, -0.2) is 4.98 Å². The molecule has 1 atom stereocenters. The third-order valence-electron chi connectivity index (χ3n) is 5.16. The molecule has 0 bridgehead atoms. The third-order valence-corrected chi connectivity index (χ3v) is 7.38. The van der Waals surface area contributed by atoms with Gasteiger partial charge in [-0.2, -0.15) is 0 Å². The van der Waals surface area contributed by atoms with Gasteiger partial charge >= 0.3 is 0 Å². The van der Waals surface area contributed by atoms with Crippen molar-refractivity contribution in [3.05, 3.63) is 56.7 Å². The second-order valence-corrected chi connectivity index (χ2v) is 9.16. The molecule has 1 N–H and O–H groups in total. The Morgan fingerprint density at radius 3 is 2.82 bits per heavy atom. The van der Waals surface area contributed by atoms with Crippen molar-refractivity contribution >= 4 is 39.2 Å². The number of fused-ring (bicyclic) bond motifs is 3. The molecule has 2 heterocycles. The lowest BCUT2D eigenvalue weighted by Crippen LogP contribution is -2.28. The number of amides is 1. The number of benzene rings is 1. The number of rotatable bonds is 5. The molecule has 3 aromatic rings. The van der Waals surface area contributed by atoms with Crippen LogP contribution in [-0.4, -0.2) is 21.2 Å². The van der Waals surface area contributed by atoms with Crippen molar-refractivity contribution in [3.8, 4) is 0 Å². The van der Waals surface area contributed by atoms with Crippen LogP contribution in [0.5, 0.6) is 0 Å². The van der Waals surface area contributed by atoms with Crippen molar-refractivity contribution < 1.29 is 4.79 Å². The smallest absolute Gasteiger partial charge is 0.262 e. The molecule has 0 spiro atoms. The lowest BCUT2D eigenvalue weighted by atomic mass is 9.97. The number of nitrogens with zero attached hydrogens (tertiary/aromatic N) is 2. The molecular weight excluding hydrogens is 390 g/mol. The Morgan fingerprint density at radius 2 is 2.04 bits per heavy atom. The fourth-order valence-corrected chi connectivity index (χ4v) is 5.72. The predicted octanol–water partition coefficient (Wildman–Crippen LogP) is 3.84. The van der Waals surface area contributed by atoms with E-state index < -0.39 is 0 Å². The maximum Gasteiger partial charge on any atom is 0.262 e. The molecule has 0 radical (unpaired) electrons. The summed E-state index contributed by atoms with van der Waals surface area (Å²) in [4.78, 5) is 32.1. The molecule has 2 aromatic heterocycles. The molecule has 4 rings (SSSR count). The summed E-state index contributed by atoms with van der Waals surface area (Å²) in [6, 6.07) is 9.81. The monoisotopic (exact) mass is 413 g/mol. The first-order valence-electron chi connectivity index (χ1n) is 9.53. The van der Waals surface area contributed by atoms with Gasteiger partial charge in [0.05, 0.1) is 17.2 Å². The maximum absolute atomic E-state index is 12.9. The highest BCUT2D eigenvalue weighted by atomic mass is 32.2. The normalized spacial score (nSPS) is 14.6. The number of carbonyl (C=O) groups is 1. The van der Waals surface area contributed by atoms with Crippen LogP contribution < -0.4 is 10.9 Å². The average molecular weight is 414 g/mol. The van der Waals surface area contributed by atoms with Crippen LogP contribution in [0.15, 0.2) is 40.3 Å². The molecule has 0 saturated heterocycles. The SMILES string of the molecule is CC(NC(=O)CSc1nc2sc3c(c2c(=O)n1C)CCCC3)c1ccccc1. The van der Waals surface area contributed by atoms with Crippen molar-refractivity contribution in [2.75, 3.05) is 5.75 Å². The van der Waals surface area contributed by atoms with Crippen LogP contribution in [0.3, 0.4) is 0 Å². The highest BCUT2D eigenvalue weighted by molar-refractivity contribution is 7.99. The molecule has 146 valence electrons. The third kappa shape index (κ3) is 3.73. The summed E-state index contributed by atoms with van der Waals surface area (Å²) in [5.74, 6) is 0.162. The summed E-state index contributed by atoms with van der Waals surface area (Å²) in [7, 11) is 1.74. The van der Waals surface area contributed by atoms with E-state index >= 15 is 0 Å². The van der Waals surface area contributed by atoms with E-state index in [9.17, 15) is 9.59 Å². The first kappa shape index (κ1) is 19.2. The molecule has 7 heteroatoms. The number of hydrogen-bond acceptors (Lipinski definition) is 5. The molecule has 1 aliphatic carbocycles. The van der Waals surface area contributed by atoms with Crippen LogP contribution in [0.25, 0.3) is 10.2 Å². The molecule has 1 aliphatic rings. The van der Waals surface area contributed by atoms with Crippen LogP contribution >= 0.6 is 23.1 Å². The van der Waals surface area contributed by atoms with Gasteiger partial charge in [0.15, 0.2) is 5.16 Å². The van der Waals surface area contributed by atoms with Crippen LogP contribution in [0.2, 0.25) is 0 Å². The number of aryl methyl sites for hydroxylation is 2. The van der Waals surface area contributed by atoms with E-state index in [0.29, 0.717) is 5.16 Å². The Bertz CT molecular complexity index is 1070. The largest absolute Gasteiger partial charge is 0.349 e. The number of nitrogens with one attached hydrogen (secondary N) is 1. The van der Waals surface area contributed by atoms with Gasteiger partial charge < -0.3 is 5.32 Å². The van der Waals surface area contributed by atoms with Crippen LogP contribution in [0.4, 0.5) is 0 Å². The molecule has 0 fully saturated rings. The summed E-state index contributed by atoms with van der Waals surface area (Å²) in [6.45, 7) is 1.97. The van der Waals surface area contributed by atoms with Crippen LogP contribution in [0.1, 0.15) is 41.8 Å². The lowest BCUT2D eigenvalue weighted by Gasteiger charge is -2.14. The molecule has 28 heavy (non-hydrogen) atoms. The Balaban J connectivity index is 1.50. The summed E-state index contributed by atoms with van der Waals surface area (Å²) >= 11 is 2.95. The zero-order valence-corrected chi connectivity index (χ0v) is 17.7. The van der Waals surface area contributed by atoms with E-state index in [1.807, 2.05) is 37.3 Å². The molecule has 5 nitrogen and oxygen atoms in total. The quantitative estimate of drug-likeness (QED) is 0.510. The van der Waals surface area contributed by atoms with Crippen molar-refractivity contribution in [3.63, 3.8) is 0 Å². The van der Waals surface area contributed by atoms with E-state index in [2.05, 4.69) is 5.32 Å². The number of thiophene rings is 1. The number of hydrogen-bond donors (Lipinski definition) is 1. The molecule has 1 amide bonds. The Hall–Kier alpha value is -2.12. The second kappa shape index (κ2) is 8.09. The summed E-state index contributed by atoms with van der Waals surface area (Å²) in [5.41, 5.74) is 2.27. The number of thioether (sulfide) groups is 1. The maximum atomic E-state index is 12.9. The highest BCUT2D eigenvalue weighted by Crippen LogP contribution is 2.34. The van der Waals surface area contributed by atoms with Gasteiger partial charge in [-0.05, 0) is 43.7 Å². The van der Waals surface area contributed by atoms with Gasteiger partial charge in [0, 0.05) is 11.9 Å². The van der Waals surface area contributed by atoms with E-state index in [4.69, 9.17) is 4.98 Å². The Labute approximate surface area is 172 Å². The molecule has 0 aliphatic heterocycles. The van der Waals surface area contributed by atoms with E-state index in [0.717, 1.165) is 35.0 Å². The van der Waals surface area contributed by atoms with Gasteiger partial charge in [0.25, 0.3) is 5.56 Å². The highest BCUT2D eigenvalue weighted by Gasteiger charge is 2.21. The first-order valence-corrected chi connectivity index (χ1v) is 11.3. The summed E-state index contributed by atoms with van der Waals surface area (Å²) in [6.07, 6.45) is 4.33. The van der Waals surface area contributed by atoms with Gasteiger partial charge in [-0.3, -0.25) is 14.2 Å². The average Bonchev–Trinajstić information content (AvgIpc) is 3.08. The van der Waals surface area contributed by atoms with Crippen molar-refractivity contribution in [2.45, 2.75) is 43.8 Å². The van der Waals surface area contributed by atoms with Crippen molar-refractivity contribution in [1.82, 2.24) is 14.9 Å². The molecule has 1 unspecified atom stereocenters. The number of carbonyl (C=O) groups excluding carboxylic acids is 1. The minimum Gasteiger partial charge on any atom is -0.349 e. The van der Waals surface area contributed by atoms with E-state index in [1.165, 1.54) is 28.6 Å². The molecule has 0 saturated carbocycles. The summed E-state index contributed by atoms with van der Waals surface area (Å²) < 4.78 is 1.59. The molecular formula is C21H23N3O2S2. The minimum atomic E-state index is -0.0684. The zero-order chi connectivity index (χ0) is 19.7. The predicted molar refractivity (Wildman–Crippen MR) is 115 cm³/mol. The van der Waals surface area contributed by atoms with Gasteiger partial charge in [0.1, 0.15) is 4.83 Å². The van der Waals surface area contributed by atoms with Crippen molar-refractivity contribution in [2.24, 2.45) is 7.05 Å². The second-order valence-electron chi connectivity index (χ2n) is 7.14. The first-order chi connectivity index (χ1) is 13.5. The Kier molecular flexibility index (Phi) is 5.55. The van der Waals surface area contributed by atoms with Gasteiger partial charge in [0.2, 0.25) is 5.91 Å². The fourth-order valence-electron chi connectivity index (χ4n) is 3.63. The lowest BCUT2D eigenvalue weighted by molar-refractivity contribution is -0.119. The minimum absolute atomic E-state index is 0.00459. The van der Waals surface area contributed by atoms with E-state index in [1.54, 1.807) is 23.0 Å². The fraction of sp³-hybridized carbons (Fsp3) is 0.381. The van der Waals surface area contributed by atoms with Crippen LogP contribution in [-0.2, 0) is 24.7 Å². The van der Waals surface area contributed by atoms with Crippen molar-refractivity contribution in [1.29, 1.82) is 0 Å². The standard InChI is InChI=1S/C21H23N3O2S2/c1-13(14-8-4-3-5-9-14)22-17(25)12-27-21-23-19-18(20(26)24(21)2)15-10-6-7-11-16(15)28-19/h3-5,8-9,13H,6-7,10-12H2,1-2H3,(H,22,25). The molecule has 1 aromatic carbocycles. The van der Waals surface area contributed by atoms with Gasteiger partial charge in [-0.1, -0.05) is 42.1 Å². The van der Waals surface area contributed by atoms with Crippen LogP contribution in [0, 0.1) is 0 Å². The topological polar surface area (TPSA) is 64.0 Å². The summed E-state index contributed by atoms with van der Waals surface area (Å²) in [5, 5.41) is 4.39. The van der Waals surface area contributed by atoms with Gasteiger partial charge in [-0.15, -0.1) is 11.3 Å². The Morgan fingerprint density at radius 1 is 1.29 bits per heavy atom. The number of aromatic nitrogens is 2.